The van der Waals surface area contributed by atoms with Gasteiger partial charge < -0.3 is 5.32 Å². The smallest absolute Gasteiger partial charge is 0.279 e. The van der Waals surface area contributed by atoms with Gasteiger partial charge in [-0.15, -0.1) is 0 Å². The molecule has 2 aromatic rings. The Morgan fingerprint density at radius 3 is 2.63 bits per heavy atom. The van der Waals surface area contributed by atoms with Crippen LogP contribution in [0.25, 0.3) is 0 Å². The third-order valence-corrected chi connectivity index (χ3v) is 7.90. The minimum absolute atomic E-state index is 0.183. The van der Waals surface area contributed by atoms with Crippen LogP contribution in [0.3, 0.4) is 0 Å². The normalized spacial score (nSPS) is 24.0. The van der Waals surface area contributed by atoms with Gasteiger partial charge in [0, 0.05) is 43.0 Å². The summed E-state index contributed by atoms with van der Waals surface area (Å²) in [6.07, 6.45) is 3.75. The van der Waals surface area contributed by atoms with E-state index in [1.54, 1.807) is 18.3 Å². The summed E-state index contributed by atoms with van der Waals surface area (Å²) in [6.45, 7) is 3.41. The fourth-order valence-electron chi connectivity index (χ4n) is 4.05. The molecule has 4 rings (SSSR count). The summed E-state index contributed by atoms with van der Waals surface area (Å²) < 4.78 is 29.0. The number of aryl methyl sites for hydroxylation is 1. The Bertz CT molecular complexity index is 1040. The van der Waals surface area contributed by atoms with Gasteiger partial charge in [-0.2, -0.15) is 17.4 Å². The standard InChI is InChI=1S/C21H25ClN4O3S/c1-15-6-7-17(18(22)11-15)20(27)24-14-21(19-5-2-3-8-23-19)12-16(13-21)25-30(28,29)26-9-4-10-26/h2-3,5-8,11,16,25H,4,9-10,12-14H2,1H3,(H,24,27)/t16-,21-. The lowest BCUT2D eigenvalue weighted by Gasteiger charge is -2.48. The molecule has 1 aliphatic heterocycles. The van der Waals surface area contributed by atoms with Crippen LogP contribution < -0.4 is 10.0 Å². The molecule has 1 amide bonds. The van der Waals surface area contributed by atoms with Crippen LogP contribution in [0.15, 0.2) is 42.6 Å². The van der Waals surface area contributed by atoms with Gasteiger partial charge in [-0.25, -0.2) is 0 Å². The summed E-state index contributed by atoms with van der Waals surface area (Å²) in [5, 5.41) is 3.39. The first-order valence-electron chi connectivity index (χ1n) is 10.0. The van der Waals surface area contributed by atoms with Crippen LogP contribution in [0.4, 0.5) is 0 Å². The predicted molar refractivity (Wildman–Crippen MR) is 116 cm³/mol. The molecule has 0 atom stereocenters. The van der Waals surface area contributed by atoms with Gasteiger partial charge in [-0.05, 0) is 56.0 Å². The Kier molecular flexibility index (Phi) is 5.85. The second kappa shape index (κ2) is 8.26. The van der Waals surface area contributed by atoms with Gasteiger partial charge in [-0.3, -0.25) is 9.78 Å². The number of pyridine rings is 1. The summed E-state index contributed by atoms with van der Waals surface area (Å²) in [5.74, 6) is -0.250. The van der Waals surface area contributed by atoms with E-state index in [1.807, 2.05) is 31.2 Å². The lowest BCUT2D eigenvalue weighted by atomic mass is 9.63. The highest BCUT2D eigenvalue weighted by atomic mass is 35.5. The third-order valence-electron chi connectivity index (χ3n) is 5.91. The number of aromatic nitrogens is 1. The first-order chi connectivity index (χ1) is 14.3. The number of halogens is 1. The quantitative estimate of drug-likeness (QED) is 0.680. The van der Waals surface area contributed by atoms with Crippen molar-refractivity contribution in [3.8, 4) is 0 Å². The molecule has 0 radical (unpaired) electrons. The van der Waals surface area contributed by atoms with Crippen molar-refractivity contribution in [3.05, 3.63) is 64.4 Å². The molecule has 0 spiro atoms. The zero-order chi connectivity index (χ0) is 21.4. The molecule has 9 heteroatoms. The van der Waals surface area contributed by atoms with Gasteiger partial charge in [-0.1, -0.05) is 23.7 Å². The Balaban J connectivity index is 1.46. The lowest BCUT2D eigenvalue weighted by Crippen LogP contribution is -2.60. The number of rotatable bonds is 7. The molecule has 1 aromatic heterocycles. The second-order valence-corrected chi connectivity index (χ2v) is 10.3. The van der Waals surface area contributed by atoms with Crippen LogP contribution >= 0.6 is 11.6 Å². The molecule has 1 aromatic carbocycles. The molecular weight excluding hydrogens is 424 g/mol. The zero-order valence-corrected chi connectivity index (χ0v) is 18.3. The van der Waals surface area contributed by atoms with E-state index >= 15 is 0 Å². The molecule has 2 aliphatic rings. The first kappa shape index (κ1) is 21.2. The Morgan fingerprint density at radius 2 is 2.03 bits per heavy atom. The summed E-state index contributed by atoms with van der Waals surface area (Å²) in [7, 11) is -3.44. The number of nitrogens with zero attached hydrogens (tertiary/aromatic N) is 2. The van der Waals surface area contributed by atoms with Crippen LogP contribution in [-0.4, -0.2) is 49.3 Å². The highest BCUT2D eigenvalue weighted by molar-refractivity contribution is 7.87. The number of carbonyl (C=O) groups is 1. The van der Waals surface area contributed by atoms with E-state index in [1.165, 1.54) is 4.31 Å². The summed E-state index contributed by atoms with van der Waals surface area (Å²) >= 11 is 6.23. The van der Waals surface area contributed by atoms with E-state index in [-0.39, 0.29) is 11.9 Å². The Labute approximate surface area is 182 Å². The highest BCUT2D eigenvalue weighted by Crippen LogP contribution is 2.43. The summed E-state index contributed by atoms with van der Waals surface area (Å²) in [5.41, 5.74) is 1.83. The van der Waals surface area contributed by atoms with Gasteiger partial charge in [0.15, 0.2) is 0 Å². The molecule has 1 saturated heterocycles. The minimum atomic E-state index is -3.44. The SMILES string of the molecule is Cc1ccc(C(=O)NC[C@]2(c3ccccn3)C[C@H](NS(=O)(=O)N3CCC3)C2)c(Cl)c1. The molecule has 7 nitrogen and oxygen atoms in total. The average molecular weight is 449 g/mol. The highest BCUT2D eigenvalue weighted by Gasteiger charge is 2.48. The van der Waals surface area contributed by atoms with Crippen molar-refractivity contribution in [2.24, 2.45) is 0 Å². The van der Waals surface area contributed by atoms with Crippen molar-refractivity contribution in [1.82, 2.24) is 19.3 Å². The molecular formula is C21H25ClN4O3S. The van der Waals surface area contributed by atoms with E-state index in [2.05, 4.69) is 15.0 Å². The lowest BCUT2D eigenvalue weighted by molar-refractivity contribution is 0.0913. The molecule has 30 heavy (non-hydrogen) atoms. The molecule has 2 heterocycles. The van der Waals surface area contributed by atoms with E-state index in [4.69, 9.17) is 11.6 Å². The van der Waals surface area contributed by atoms with Crippen molar-refractivity contribution in [3.63, 3.8) is 0 Å². The molecule has 2 fully saturated rings. The number of hydrogen-bond donors (Lipinski definition) is 2. The third kappa shape index (κ3) is 4.23. The minimum Gasteiger partial charge on any atom is -0.351 e. The van der Waals surface area contributed by atoms with Crippen molar-refractivity contribution < 1.29 is 13.2 Å². The summed E-state index contributed by atoms with van der Waals surface area (Å²) in [6, 6.07) is 10.8. The number of hydrogen-bond acceptors (Lipinski definition) is 4. The number of benzene rings is 1. The Hall–Kier alpha value is -2.00. The van der Waals surface area contributed by atoms with E-state index < -0.39 is 15.6 Å². The summed E-state index contributed by atoms with van der Waals surface area (Å²) in [4.78, 5) is 17.2. The number of nitrogens with one attached hydrogen (secondary N) is 2. The van der Waals surface area contributed by atoms with Gasteiger partial charge in [0.2, 0.25) is 0 Å². The van der Waals surface area contributed by atoms with Crippen LogP contribution in [-0.2, 0) is 15.6 Å². The molecule has 0 unspecified atom stereocenters. The van der Waals surface area contributed by atoms with Crippen molar-refractivity contribution >= 4 is 27.7 Å². The van der Waals surface area contributed by atoms with Crippen LogP contribution in [0.2, 0.25) is 5.02 Å². The number of carbonyl (C=O) groups excluding carboxylic acids is 1. The molecule has 2 N–H and O–H groups in total. The van der Waals surface area contributed by atoms with Crippen LogP contribution in [0.1, 0.15) is 40.9 Å². The Morgan fingerprint density at radius 1 is 1.27 bits per heavy atom. The van der Waals surface area contributed by atoms with Crippen LogP contribution in [0.5, 0.6) is 0 Å². The fourth-order valence-corrected chi connectivity index (χ4v) is 5.85. The van der Waals surface area contributed by atoms with E-state index in [9.17, 15) is 13.2 Å². The monoisotopic (exact) mass is 448 g/mol. The molecule has 1 aliphatic carbocycles. The predicted octanol–water partition coefficient (Wildman–Crippen LogP) is 2.41. The van der Waals surface area contributed by atoms with E-state index in [0.717, 1.165) is 17.7 Å². The van der Waals surface area contributed by atoms with Gasteiger partial charge in [0.25, 0.3) is 16.1 Å². The van der Waals surface area contributed by atoms with Gasteiger partial charge in [0.05, 0.1) is 10.6 Å². The first-order valence-corrected chi connectivity index (χ1v) is 11.8. The van der Waals surface area contributed by atoms with Gasteiger partial charge >= 0.3 is 0 Å². The maximum Gasteiger partial charge on any atom is 0.279 e. The van der Waals surface area contributed by atoms with Gasteiger partial charge in [0.1, 0.15) is 0 Å². The topological polar surface area (TPSA) is 91.4 Å². The second-order valence-electron chi connectivity index (χ2n) is 8.14. The van der Waals surface area contributed by atoms with E-state index in [0.29, 0.717) is 43.1 Å². The van der Waals surface area contributed by atoms with Crippen LogP contribution in [0, 0.1) is 6.92 Å². The van der Waals surface area contributed by atoms with Crippen molar-refractivity contribution in [2.45, 2.75) is 37.6 Å². The molecule has 1 saturated carbocycles. The zero-order valence-electron chi connectivity index (χ0n) is 16.8. The largest absolute Gasteiger partial charge is 0.351 e. The van der Waals surface area contributed by atoms with Crippen molar-refractivity contribution in [2.75, 3.05) is 19.6 Å². The van der Waals surface area contributed by atoms with Crippen molar-refractivity contribution in [1.29, 1.82) is 0 Å². The number of amides is 1. The fraction of sp³-hybridized carbons (Fsp3) is 0.429. The maximum atomic E-state index is 12.7. The molecule has 0 bridgehead atoms. The molecule has 160 valence electrons. The average Bonchev–Trinajstić information content (AvgIpc) is 2.62. The maximum absolute atomic E-state index is 12.7.